The Balaban J connectivity index is 2.84. The van der Waals surface area contributed by atoms with Crippen molar-refractivity contribution in [2.75, 3.05) is 25.0 Å². The zero-order valence-corrected chi connectivity index (χ0v) is 15.0. The van der Waals surface area contributed by atoms with Gasteiger partial charge in [-0.3, -0.25) is 0 Å². The molecule has 0 spiro atoms. The molecule has 0 radical (unpaired) electrons. The van der Waals surface area contributed by atoms with E-state index in [2.05, 4.69) is 70.9 Å². The molecule has 1 aromatic heterocycles. The molecular formula is C18H33N3. The number of nitrogens with zero attached hydrogens (tertiary/aromatic N) is 2. The molecule has 0 saturated heterocycles. The summed E-state index contributed by atoms with van der Waals surface area (Å²) in [4.78, 5) is 7.05. The predicted octanol–water partition coefficient (Wildman–Crippen LogP) is 3.87. The van der Waals surface area contributed by atoms with E-state index in [0.29, 0.717) is 5.92 Å². The molecule has 0 aliphatic carbocycles. The van der Waals surface area contributed by atoms with E-state index in [4.69, 9.17) is 4.98 Å². The van der Waals surface area contributed by atoms with Crippen molar-refractivity contribution in [3.8, 4) is 0 Å². The lowest BCUT2D eigenvalue weighted by Gasteiger charge is -2.28. The van der Waals surface area contributed by atoms with Crippen molar-refractivity contribution in [2.45, 2.75) is 54.5 Å². The summed E-state index contributed by atoms with van der Waals surface area (Å²) in [7, 11) is 2.14. The van der Waals surface area contributed by atoms with Crippen LogP contribution in [0.1, 0.15) is 52.8 Å². The third-order valence-electron chi connectivity index (χ3n) is 3.27. The Morgan fingerprint density at radius 3 is 2.43 bits per heavy atom. The van der Waals surface area contributed by atoms with Gasteiger partial charge in [-0.15, -0.1) is 0 Å². The number of anilines is 1. The highest BCUT2D eigenvalue weighted by molar-refractivity contribution is 5.42. The second-order valence-electron chi connectivity index (χ2n) is 7.62. The third-order valence-corrected chi connectivity index (χ3v) is 3.27. The molecule has 0 saturated carbocycles. The maximum atomic E-state index is 4.78. The van der Waals surface area contributed by atoms with Crippen molar-refractivity contribution in [3.63, 3.8) is 0 Å². The fourth-order valence-corrected chi connectivity index (χ4v) is 2.41. The zero-order chi connectivity index (χ0) is 16.0. The molecule has 1 aromatic rings. The van der Waals surface area contributed by atoms with E-state index in [1.54, 1.807) is 0 Å². The van der Waals surface area contributed by atoms with Gasteiger partial charge in [0.25, 0.3) is 0 Å². The Hall–Kier alpha value is -1.09. The number of nitrogens with one attached hydrogen (secondary N) is 1. The number of aromatic nitrogens is 1. The molecule has 0 atom stereocenters. The first-order chi connectivity index (χ1) is 9.71. The summed E-state index contributed by atoms with van der Waals surface area (Å²) < 4.78 is 0. The highest BCUT2D eigenvalue weighted by atomic mass is 15.2. The minimum absolute atomic E-state index is 0.273. The van der Waals surface area contributed by atoms with Crippen LogP contribution in [-0.2, 0) is 13.0 Å². The number of pyridine rings is 1. The fraction of sp³-hybridized carbons (Fsp3) is 0.722. The summed E-state index contributed by atoms with van der Waals surface area (Å²) in [5.74, 6) is 1.77. The zero-order valence-electron chi connectivity index (χ0n) is 15.0. The summed E-state index contributed by atoms with van der Waals surface area (Å²) >= 11 is 0. The average molecular weight is 291 g/mol. The first-order valence-electron chi connectivity index (χ1n) is 8.13. The molecule has 0 aromatic carbocycles. The number of aryl methyl sites for hydroxylation is 1. The predicted molar refractivity (Wildman–Crippen MR) is 92.9 cm³/mol. The number of rotatable bonds is 7. The normalized spacial score (nSPS) is 12.0. The van der Waals surface area contributed by atoms with Crippen molar-refractivity contribution < 1.29 is 0 Å². The quantitative estimate of drug-likeness (QED) is 0.826. The second kappa shape index (κ2) is 7.79. The SMILES string of the molecule is CCc1cc(CNCC(C)C)cc(N(C)CC(C)(C)C)n1. The Labute approximate surface area is 131 Å². The van der Waals surface area contributed by atoms with E-state index in [-0.39, 0.29) is 5.41 Å². The van der Waals surface area contributed by atoms with Crippen molar-refractivity contribution in [1.29, 1.82) is 0 Å². The van der Waals surface area contributed by atoms with Gasteiger partial charge in [0.1, 0.15) is 5.82 Å². The van der Waals surface area contributed by atoms with Crippen LogP contribution in [0.4, 0.5) is 5.82 Å². The van der Waals surface area contributed by atoms with Crippen LogP contribution in [0, 0.1) is 11.3 Å². The molecule has 0 fully saturated rings. The van der Waals surface area contributed by atoms with Crippen LogP contribution in [0.25, 0.3) is 0 Å². The lowest BCUT2D eigenvalue weighted by molar-refractivity contribution is 0.417. The van der Waals surface area contributed by atoms with Gasteiger partial charge < -0.3 is 10.2 Å². The van der Waals surface area contributed by atoms with Crippen molar-refractivity contribution in [2.24, 2.45) is 11.3 Å². The summed E-state index contributed by atoms with van der Waals surface area (Å²) in [6, 6.07) is 4.44. The minimum atomic E-state index is 0.273. The number of hydrogen-bond acceptors (Lipinski definition) is 3. The molecule has 1 heterocycles. The van der Waals surface area contributed by atoms with Gasteiger partial charge in [-0.1, -0.05) is 41.5 Å². The lowest BCUT2D eigenvalue weighted by atomic mass is 9.96. The summed E-state index contributed by atoms with van der Waals surface area (Å²) in [5.41, 5.74) is 2.78. The van der Waals surface area contributed by atoms with E-state index in [9.17, 15) is 0 Å². The first-order valence-corrected chi connectivity index (χ1v) is 8.13. The molecular weight excluding hydrogens is 258 g/mol. The van der Waals surface area contributed by atoms with E-state index in [0.717, 1.165) is 31.9 Å². The van der Waals surface area contributed by atoms with Crippen molar-refractivity contribution in [3.05, 3.63) is 23.4 Å². The van der Waals surface area contributed by atoms with Crippen LogP contribution in [0.3, 0.4) is 0 Å². The van der Waals surface area contributed by atoms with Crippen molar-refractivity contribution in [1.82, 2.24) is 10.3 Å². The minimum Gasteiger partial charge on any atom is -0.359 e. The Kier molecular flexibility index (Phi) is 6.66. The van der Waals surface area contributed by atoms with Gasteiger partial charge >= 0.3 is 0 Å². The molecule has 1 rings (SSSR count). The van der Waals surface area contributed by atoms with E-state index in [1.807, 2.05) is 0 Å². The Bertz CT molecular complexity index is 433. The monoisotopic (exact) mass is 291 g/mol. The first kappa shape index (κ1) is 18.0. The topological polar surface area (TPSA) is 28.2 Å². The summed E-state index contributed by atoms with van der Waals surface area (Å²) in [6.45, 7) is 16.4. The summed E-state index contributed by atoms with van der Waals surface area (Å²) in [6.07, 6.45) is 0.981. The van der Waals surface area contributed by atoms with Crippen LogP contribution in [0.15, 0.2) is 12.1 Å². The Morgan fingerprint density at radius 1 is 1.24 bits per heavy atom. The van der Waals surface area contributed by atoms with Gasteiger partial charge in [0.2, 0.25) is 0 Å². The van der Waals surface area contributed by atoms with E-state index >= 15 is 0 Å². The van der Waals surface area contributed by atoms with Crippen molar-refractivity contribution >= 4 is 5.82 Å². The van der Waals surface area contributed by atoms with Gasteiger partial charge in [0, 0.05) is 25.8 Å². The van der Waals surface area contributed by atoms with Gasteiger partial charge in [0.15, 0.2) is 0 Å². The molecule has 3 nitrogen and oxygen atoms in total. The standard InChI is InChI=1S/C18H33N3/c1-8-16-9-15(12-19-11-14(2)3)10-17(20-16)21(7)13-18(4,5)6/h9-10,14,19H,8,11-13H2,1-7H3. The maximum absolute atomic E-state index is 4.78. The lowest BCUT2D eigenvalue weighted by Crippen LogP contribution is -2.30. The van der Waals surface area contributed by atoms with E-state index in [1.165, 1.54) is 11.3 Å². The Morgan fingerprint density at radius 2 is 1.90 bits per heavy atom. The molecule has 0 aliphatic heterocycles. The number of hydrogen-bond donors (Lipinski definition) is 1. The van der Waals surface area contributed by atoms with Gasteiger partial charge in [-0.05, 0) is 42.0 Å². The molecule has 0 amide bonds. The average Bonchev–Trinajstić information content (AvgIpc) is 2.36. The molecule has 120 valence electrons. The largest absolute Gasteiger partial charge is 0.359 e. The van der Waals surface area contributed by atoms with Gasteiger partial charge in [-0.25, -0.2) is 4.98 Å². The van der Waals surface area contributed by atoms with Crippen LogP contribution in [-0.4, -0.2) is 25.1 Å². The van der Waals surface area contributed by atoms with Gasteiger partial charge in [0.05, 0.1) is 0 Å². The van der Waals surface area contributed by atoms with E-state index < -0.39 is 0 Å². The fourth-order valence-electron chi connectivity index (χ4n) is 2.41. The molecule has 3 heteroatoms. The molecule has 21 heavy (non-hydrogen) atoms. The van der Waals surface area contributed by atoms with Crippen LogP contribution in [0.2, 0.25) is 0 Å². The summed E-state index contributed by atoms with van der Waals surface area (Å²) in [5, 5.41) is 3.52. The maximum Gasteiger partial charge on any atom is 0.128 e. The highest BCUT2D eigenvalue weighted by Crippen LogP contribution is 2.20. The molecule has 0 aliphatic rings. The van der Waals surface area contributed by atoms with Crippen LogP contribution in [0.5, 0.6) is 0 Å². The van der Waals surface area contributed by atoms with Crippen LogP contribution < -0.4 is 10.2 Å². The van der Waals surface area contributed by atoms with Crippen LogP contribution >= 0.6 is 0 Å². The highest BCUT2D eigenvalue weighted by Gasteiger charge is 2.15. The molecule has 1 N–H and O–H groups in total. The smallest absolute Gasteiger partial charge is 0.128 e. The second-order valence-corrected chi connectivity index (χ2v) is 7.62. The van der Waals surface area contributed by atoms with Gasteiger partial charge in [-0.2, -0.15) is 0 Å². The molecule has 0 bridgehead atoms. The molecule has 0 unspecified atom stereocenters. The third kappa shape index (κ3) is 6.94.